The van der Waals surface area contributed by atoms with Crippen molar-refractivity contribution in [2.45, 2.75) is 5.92 Å². The minimum Gasteiger partial charge on any atom is -0.508 e. The smallest absolute Gasteiger partial charge is 0.336 e. The molecule has 2 N–H and O–H groups in total. The number of hydrogen-bond donors (Lipinski definition) is 2. The van der Waals surface area contributed by atoms with Gasteiger partial charge in [0.25, 0.3) is 0 Å². The lowest BCUT2D eigenvalue weighted by Crippen LogP contribution is -2.26. The number of dihydropyridines is 1. The molecule has 0 fully saturated rings. The Morgan fingerprint density at radius 1 is 1.00 bits per heavy atom. The second-order valence-electron chi connectivity index (χ2n) is 4.37. The summed E-state index contributed by atoms with van der Waals surface area (Å²) in [6.45, 7) is 0. The van der Waals surface area contributed by atoms with E-state index in [-0.39, 0.29) is 16.9 Å². The molecule has 0 amide bonds. The Bertz CT molecular complexity index is 583. The van der Waals surface area contributed by atoms with Crippen molar-refractivity contribution in [3.63, 3.8) is 0 Å². The predicted octanol–water partition coefficient (Wildman–Crippen LogP) is 1.19. The van der Waals surface area contributed by atoms with Gasteiger partial charge < -0.3 is 19.9 Å². The zero-order valence-electron chi connectivity index (χ0n) is 11.6. The summed E-state index contributed by atoms with van der Waals surface area (Å²) in [5.74, 6) is -1.61. The average Bonchev–Trinajstić information content (AvgIpc) is 2.53. The van der Waals surface area contributed by atoms with Crippen LogP contribution < -0.4 is 5.32 Å². The molecule has 1 aromatic carbocycles. The maximum absolute atomic E-state index is 11.9. The van der Waals surface area contributed by atoms with E-state index in [1.54, 1.807) is 12.1 Å². The van der Waals surface area contributed by atoms with Gasteiger partial charge in [-0.1, -0.05) is 12.1 Å². The van der Waals surface area contributed by atoms with E-state index in [1.165, 1.54) is 38.8 Å². The third-order valence-corrected chi connectivity index (χ3v) is 3.17. The van der Waals surface area contributed by atoms with Crippen LogP contribution in [0.2, 0.25) is 0 Å². The highest BCUT2D eigenvalue weighted by Gasteiger charge is 2.33. The highest BCUT2D eigenvalue weighted by Crippen LogP contribution is 2.35. The van der Waals surface area contributed by atoms with Gasteiger partial charge in [0.05, 0.1) is 31.3 Å². The van der Waals surface area contributed by atoms with Crippen molar-refractivity contribution in [2.75, 3.05) is 14.2 Å². The normalized spacial score (nSPS) is 14.6. The number of benzene rings is 1. The molecule has 0 unspecified atom stereocenters. The first-order valence-corrected chi connectivity index (χ1v) is 6.20. The number of esters is 2. The van der Waals surface area contributed by atoms with Gasteiger partial charge in [0.15, 0.2) is 0 Å². The molecular formula is C15H15NO5. The topological polar surface area (TPSA) is 84.9 Å². The van der Waals surface area contributed by atoms with Crippen LogP contribution >= 0.6 is 0 Å². The van der Waals surface area contributed by atoms with Gasteiger partial charge in [-0.2, -0.15) is 0 Å². The highest BCUT2D eigenvalue weighted by molar-refractivity contribution is 5.98. The minimum atomic E-state index is -0.619. The third-order valence-electron chi connectivity index (χ3n) is 3.17. The van der Waals surface area contributed by atoms with Gasteiger partial charge in [-0.05, 0) is 17.7 Å². The zero-order chi connectivity index (χ0) is 15.4. The molecule has 6 nitrogen and oxygen atoms in total. The Labute approximate surface area is 121 Å². The maximum atomic E-state index is 11.9. The molecule has 0 aromatic heterocycles. The Hall–Kier alpha value is -2.76. The van der Waals surface area contributed by atoms with Gasteiger partial charge in [-0.25, -0.2) is 9.59 Å². The number of aromatic hydroxyl groups is 1. The molecule has 0 saturated heterocycles. The van der Waals surface area contributed by atoms with Crippen molar-refractivity contribution >= 4 is 11.9 Å². The molecule has 1 aromatic rings. The SMILES string of the molecule is COC(=O)C1=CNC=C(C(=O)OC)C1c1ccc(O)cc1. The maximum Gasteiger partial charge on any atom is 0.336 e. The van der Waals surface area contributed by atoms with Crippen LogP contribution in [0.25, 0.3) is 0 Å². The summed E-state index contributed by atoms with van der Waals surface area (Å²) in [5.41, 5.74) is 1.24. The summed E-state index contributed by atoms with van der Waals surface area (Å²) in [6.07, 6.45) is 2.96. The molecule has 0 aliphatic carbocycles. The van der Waals surface area contributed by atoms with E-state index >= 15 is 0 Å². The summed E-state index contributed by atoms with van der Waals surface area (Å²) in [7, 11) is 2.54. The molecule has 6 heteroatoms. The van der Waals surface area contributed by atoms with Crippen LogP contribution in [0.5, 0.6) is 5.75 Å². The van der Waals surface area contributed by atoms with Gasteiger partial charge in [0.2, 0.25) is 0 Å². The quantitative estimate of drug-likeness (QED) is 0.813. The van der Waals surface area contributed by atoms with Gasteiger partial charge in [-0.15, -0.1) is 0 Å². The molecule has 0 bridgehead atoms. The molecule has 0 spiro atoms. The van der Waals surface area contributed by atoms with Gasteiger partial charge in [0.1, 0.15) is 5.75 Å². The molecule has 0 atom stereocenters. The first-order chi connectivity index (χ1) is 10.1. The minimum absolute atomic E-state index is 0.0971. The fourth-order valence-electron chi connectivity index (χ4n) is 2.17. The van der Waals surface area contributed by atoms with Crippen LogP contribution in [-0.4, -0.2) is 31.3 Å². The fraction of sp³-hybridized carbons (Fsp3) is 0.200. The summed E-state index contributed by atoms with van der Waals surface area (Å²) >= 11 is 0. The lowest BCUT2D eigenvalue weighted by molar-refractivity contribution is -0.137. The number of carbonyl (C=O) groups is 2. The first-order valence-electron chi connectivity index (χ1n) is 6.20. The van der Waals surface area contributed by atoms with E-state index in [2.05, 4.69) is 5.32 Å². The first kappa shape index (κ1) is 14.6. The van der Waals surface area contributed by atoms with Crippen LogP contribution in [-0.2, 0) is 19.1 Å². The van der Waals surface area contributed by atoms with E-state index in [4.69, 9.17) is 9.47 Å². The number of hydrogen-bond acceptors (Lipinski definition) is 6. The Kier molecular flexibility index (Phi) is 4.27. The lowest BCUT2D eigenvalue weighted by Gasteiger charge is -2.24. The van der Waals surface area contributed by atoms with Gasteiger partial charge in [0, 0.05) is 12.4 Å². The third kappa shape index (κ3) is 2.89. The molecule has 21 heavy (non-hydrogen) atoms. The van der Waals surface area contributed by atoms with Gasteiger partial charge in [-0.3, -0.25) is 0 Å². The molecule has 1 aliphatic heterocycles. The summed E-state index contributed by atoms with van der Waals surface area (Å²) in [6, 6.07) is 6.25. The predicted molar refractivity (Wildman–Crippen MR) is 74.2 cm³/mol. The van der Waals surface area contributed by atoms with Crippen LogP contribution in [0.1, 0.15) is 11.5 Å². The molecule has 0 radical (unpaired) electrons. The van der Waals surface area contributed by atoms with E-state index < -0.39 is 17.9 Å². The largest absolute Gasteiger partial charge is 0.508 e. The van der Waals surface area contributed by atoms with Crippen molar-refractivity contribution in [3.8, 4) is 5.75 Å². The summed E-state index contributed by atoms with van der Waals surface area (Å²) in [4.78, 5) is 23.8. The van der Waals surface area contributed by atoms with E-state index in [1.807, 2.05) is 0 Å². The standard InChI is InChI=1S/C15H15NO5/c1-20-14(18)11-7-16-8-12(15(19)21-2)13(11)9-3-5-10(17)6-4-9/h3-8,13,16-17H,1-2H3. The molecule has 1 aliphatic rings. The zero-order valence-corrected chi connectivity index (χ0v) is 11.6. The number of methoxy groups -OCH3 is 2. The van der Waals surface area contributed by atoms with Crippen molar-refractivity contribution in [2.24, 2.45) is 0 Å². The number of carbonyl (C=O) groups excluding carboxylic acids is 2. The van der Waals surface area contributed by atoms with Crippen LogP contribution in [0.15, 0.2) is 47.8 Å². The number of phenolic OH excluding ortho intramolecular Hbond substituents is 1. The molecule has 2 rings (SSSR count). The van der Waals surface area contributed by atoms with Gasteiger partial charge >= 0.3 is 11.9 Å². The van der Waals surface area contributed by atoms with Crippen LogP contribution in [0, 0.1) is 0 Å². The molecule has 1 heterocycles. The average molecular weight is 289 g/mol. The second kappa shape index (κ2) is 6.13. The van der Waals surface area contributed by atoms with Crippen LogP contribution in [0.4, 0.5) is 0 Å². The number of nitrogens with one attached hydrogen (secondary N) is 1. The van der Waals surface area contributed by atoms with Crippen molar-refractivity contribution in [3.05, 3.63) is 53.4 Å². The number of rotatable bonds is 3. The summed E-state index contributed by atoms with van der Waals surface area (Å²) in [5, 5.41) is 12.1. The number of phenols is 1. The lowest BCUT2D eigenvalue weighted by atomic mass is 9.84. The van der Waals surface area contributed by atoms with E-state index in [0.29, 0.717) is 5.56 Å². The van der Waals surface area contributed by atoms with E-state index in [0.717, 1.165) is 0 Å². The van der Waals surface area contributed by atoms with Crippen molar-refractivity contribution < 1.29 is 24.2 Å². The second-order valence-corrected chi connectivity index (χ2v) is 4.37. The number of ether oxygens (including phenoxy) is 2. The highest BCUT2D eigenvalue weighted by atomic mass is 16.5. The molecule has 0 saturated carbocycles. The fourth-order valence-corrected chi connectivity index (χ4v) is 2.17. The van der Waals surface area contributed by atoms with Crippen LogP contribution in [0.3, 0.4) is 0 Å². The Morgan fingerprint density at radius 3 is 1.90 bits per heavy atom. The summed E-state index contributed by atoms with van der Waals surface area (Å²) < 4.78 is 9.50. The Balaban J connectivity index is 2.49. The van der Waals surface area contributed by atoms with E-state index in [9.17, 15) is 14.7 Å². The Morgan fingerprint density at radius 2 is 1.48 bits per heavy atom. The van der Waals surface area contributed by atoms with Crippen molar-refractivity contribution in [1.29, 1.82) is 0 Å². The molecular weight excluding hydrogens is 274 g/mol. The monoisotopic (exact) mass is 289 g/mol. The molecule has 110 valence electrons. The van der Waals surface area contributed by atoms with Crippen molar-refractivity contribution in [1.82, 2.24) is 5.32 Å².